The quantitative estimate of drug-likeness (QED) is 0.794. The molecule has 1 saturated heterocycles. The average Bonchev–Trinajstić information content (AvgIpc) is 2.67. The zero-order valence-corrected chi connectivity index (χ0v) is 12.1. The minimum Gasteiger partial charge on any atom is -0.345 e. The van der Waals surface area contributed by atoms with E-state index in [-0.39, 0.29) is 0 Å². The summed E-state index contributed by atoms with van der Waals surface area (Å²) in [7, 11) is -3.35. The SMILES string of the molecule is CS(=O)(=O)/N=C1/SCCN1Cc1ccc(Cl)nc1. The summed E-state index contributed by atoms with van der Waals surface area (Å²) in [5.41, 5.74) is 0.975. The van der Waals surface area contributed by atoms with Gasteiger partial charge in [-0.25, -0.2) is 13.4 Å². The number of hydrogen-bond donors (Lipinski definition) is 0. The third kappa shape index (κ3) is 3.86. The van der Waals surface area contributed by atoms with E-state index in [1.54, 1.807) is 12.3 Å². The van der Waals surface area contributed by atoms with Crippen LogP contribution in [0.2, 0.25) is 5.15 Å². The van der Waals surface area contributed by atoms with E-state index in [1.807, 2.05) is 11.0 Å². The number of rotatable bonds is 3. The lowest BCUT2D eigenvalue weighted by molar-refractivity contribution is 0.456. The van der Waals surface area contributed by atoms with Gasteiger partial charge in [0.15, 0.2) is 5.17 Å². The largest absolute Gasteiger partial charge is 0.345 e. The smallest absolute Gasteiger partial charge is 0.252 e. The van der Waals surface area contributed by atoms with Crippen LogP contribution in [0, 0.1) is 0 Å². The van der Waals surface area contributed by atoms with Crippen molar-refractivity contribution in [2.24, 2.45) is 4.40 Å². The topological polar surface area (TPSA) is 62.6 Å². The number of aromatic nitrogens is 1. The molecule has 1 aliphatic heterocycles. The van der Waals surface area contributed by atoms with Crippen LogP contribution in [0.25, 0.3) is 0 Å². The molecule has 0 bridgehead atoms. The first-order chi connectivity index (χ1) is 8.44. The van der Waals surface area contributed by atoms with E-state index in [1.165, 1.54) is 11.8 Å². The number of hydrogen-bond acceptors (Lipinski definition) is 4. The zero-order chi connectivity index (χ0) is 13.2. The lowest BCUT2D eigenvalue weighted by Crippen LogP contribution is -2.24. The summed E-state index contributed by atoms with van der Waals surface area (Å²) in [5.74, 6) is 0.843. The Bertz CT molecular complexity index is 557. The summed E-state index contributed by atoms with van der Waals surface area (Å²) in [6.45, 7) is 1.37. The maximum Gasteiger partial charge on any atom is 0.252 e. The fourth-order valence-electron chi connectivity index (χ4n) is 1.53. The molecule has 2 heterocycles. The van der Waals surface area contributed by atoms with E-state index in [0.29, 0.717) is 16.9 Å². The number of halogens is 1. The molecule has 0 atom stereocenters. The molecule has 0 saturated carbocycles. The fraction of sp³-hybridized carbons (Fsp3) is 0.400. The van der Waals surface area contributed by atoms with Crippen molar-refractivity contribution >= 4 is 38.6 Å². The molecule has 1 aliphatic rings. The predicted molar refractivity (Wildman–Crippen MR) is 74.4 cm³/mol. The highest BCUT2D eigenvalue weighted by Gasteiger charge is 2.21. The Hall–Kier alpha value is -0.790. The molecule has 1 aromatic heterocycles. The van der Waals surface area contributed by atoms with Gasteiger partial charge in [0.2, 0.25) is 0 Å². The maximum absolute atomic E-state index is 11.2. The molecule has 0 amide bonds. The lowest BCUT2D eigenvalue weighted by atomic mass is 10.3. The van der Waals surface area contributed by atoms with Gasteiger partial charge in [0.25, 0.3) is 10.0 Å². The third-order valence-electron chi connectivity index (χ3n) is 2.27. The number of amidine groups is 1. The van der Waals surface area contributed by atoms with Gasteiger partial charge >= 0.3 is 0 Å². The summed E-state index contributed by atoms with van der Waals surface area (Å²) in [5, 5.41) is 0.993. The van der Waals surface area contributed by atoms with Crippen molar-refractivity contribution < 1.29 is 8.42 Å². The normalized spacial score (nSPS) is 18.6. The van der Waals surface area contributed by atoms with Crippen LogP contribution < -0.4 is 0 Å². The zero-order valence-electron chi connectivity index (χ0n) is 9.71. The van der Waals surface area contributed by atoms with Crippen molar-refractivity contribution in [3.63, 3.8) is 0 Å². The number of thioether (sulfide) groups is 1. The van der Waals surface area contributed by atoms with E-state index in [4.69, 9.17) is 11.6 Å². The van der Waals surface area contributed by atoms with Crippen LogP contribution in [0.4, 0.5) is 0 Å². The van der Waals surface area contributed by atoms with Crippen molar-refractivity contribution in [1.82, 2.24) is 9.88 Å². The second kappa shape index (κ2) is 5.46. The molecule has 2 rings (SSSR count). The van der Waals surface area contributed by atoms with Crippen LogP contribution in [0.5, 0.6) is 0 Å². The summed E-state index contributed by atoms with van der Waals surface area (Å²) in [4.78, 5) is 5.92. The van der Waals surface area contributed by atoms with Crippen LogP contribution >= 0.6 is 23.4 Å². The Morgan fingerprint density at radius 2 is 2.33 bits per heavy atom. The van der Waals surface area contributed by atoms with Crippen molar-refractivity contribution in [1.29, 1.82) is 0 Å². The first-order valence-electron chi connectivity index (χ1n) is 5.22. The standard InChI is InChI=1S/C10H12ClN3O2S2/c1-18(15,16)13-10-14(4-5-17-10)7-8-2-3-9(11)12-6-8/h2-3,6H,4-5,7H2,1H3/b13-10+. The Labute approximate surface area is 115 Å². The third-order valence-corrected chi connectivity index (χ3v) is 4.11. The summed E-state index contributed by atoms with van der Waals surface area (Å²) in [6, 6.07) is 3.59. The van der Waals surface area contributed by atoms with Crippen molar-refractivity contribution in [2.75, 3.05) is 18.6 Å². The molecule has 5 nitrogen and oxygen atoms in total. The fourth-order valence-corrected chi connectivity index (χ4v) is 3.49. The number of sulfonamides is 1. The van der Waals surface area contributed by atoms with E-state index >= 15 is 0 Å². The van der Waals surface area contributed by atoms with Gasteiger partial charge in [-0.15, -0.1) is 4.40 Å². The van der Waals surface area contributed by atoms with Gasteiger partial charge in [-0.2, -0.15) is 0 Å². The van der Waals surface area contributed by atoms with Crippen LogP contribution in [0.1, 0.15) is 5.56 Å². The molecule has 1 fully saturated rings. The van der Waals surface area contributed by atoms with E-state index < -0.39 is 10.0 Å². The van der Waals surface area contributed by atoms with Crippen LogP contribution in [-0.4, -0.2) is 42.0 Å². The molecule has 98 valence electrons. The van der Waals surface area contributed by atoms with E-state index in [0.717, 1.165) is 24.1 Å². The van der Waals surface area contributed by atoms with Gasteiger partial charge in [-0.1, -0.05) is 29.4 Å². The Balaban J connectivity index is 2.13. The minimum atomic E-state index is -3.35. The number of nitrogens with zero attached hydrogens (tertiary/aromatic N) is 3. The van der Waals surface area contributed by atoms with E-state index in [2.05, 4.69) is 9.38 Å². The van der Waals surface area contributed by atoms with Crippen molar-refractivity contribution in [2.45, 2.75) is 6.54 Å². The minimum absolute atomic E-state index is 0.444. The average molecular weight is 306 g/mol. The predicted octanol–water partition coefficient (Wildman–Crippen LogP) is 1.60. The summed E-state index contributed by atoms with van der Waals surface area (Å²) < 4.78 is 26.1. The second-order valence-corrected chi connectivity index (χ2v) is 6.96. The molecule has 18 heavy (non-hydrogen) atoms. The van der Waals surface area contributed by atoms with Gasteiger partial charge in [0.05, 0.1) is 6.26 Å². The molecule has 0 aliphatic carbocycles. The van der Waals surface area contributed by atoms with Gasteiger partial charge in [-0.05, 0) is 11.6 Å². The Kier molecular flexibility index (Phi) is 4.14. The van der Waals surface area contributed by atoms with Crippen LogP contribution in [0.15, 0.2) is 22.7 Å². The first-order valence-corrected chi connectivity index (χ1v) is 8.43. The van der Waals surface area contributed by atoms with Crippen molar-refractivity contribution in [3.8, 4) is 0 Å². The highest BCUT2D eigenvalue weighted by Crippen LogP contribution is 2.21. The second-order valence-electron chi connectivity index (χ2n) is 3.87. The van der Waals surface area contributed by atoms with Gasteiger partial charge in [-0.3, -0.25) is 0 Å². The highest BCUT2D eigenvalue weighted by molar-refractivity contribution is 8.14. The molecule has 0 unspecified atom stereocenters. The monoisotopic (exact) mass is 305 g/mol. The molecule has 0 aromatic carbocycles. The highest BCUT2D eigenvalue weighted by atomic mass is 35.5. The van der Waals surface area contributed by atoms with Gasteiger partial charge < -0.3 is 4.90 Å². The molecule has 1 aromatic rings. The van der Waals surface area contributed by atoms with Gasteiger partial charge in [0, 0.05) is 25.0 Å². The molecular formula is C10H12ClN3O2S2. The summed E-state index contributed by atoms with van der Waals surface area (Å²) >= 11 is 7.16. The first kappa shape index (κ1) is 13.6. The molecule has 0 N–H and O–H groups in total. The number of pyridine rings is 1. The van der Waals surface area contributed by atoms with E-state index in [9.17, 15) is 8.42 Å². The maximum atomic E-state index is 11.2. The Morgan fingerprint density at radius 3 is 2.94 bits per heavy atom. The molecule has 0 radical (unpaired) electrons. The molecule has 0 spiro atoms. The molecular weight excluding hydrogens is 294 g/mol. The van der Waals surface area contributed by atoms with Crippen molar-refractivity contribution in [3.05, 3.63) is 29.0 Å². The lowest BCUT2D eigenvalue weighted by Gasteiger charge is -2.17. The molecule has 8 heteroatoms. The summed E-state index contributed by atoms with van der Waals surface area (Å²) in [6.07, 6.45) is 2.78. The van der Waals surface area contributed by atoms with Gasteiger partial charge in [0.1, 0.15) is 5.15 Å². The Morgan fingerprint density at radius 1 is 1.56 bits per heavy atom. The van der Waals surface area contributed by atoms with Crippen LogP contribution in [-0.2, 0) is 16.6 Å². The van der Waals surface area contributed by atoms with Crippen LogP contribution in [0.3, 0.4) is 0 Å².